The summed E-state index contributed by atoms with van der Waals surface area (Å²) in [5, 5.41) is 19.2. The quantitative estimate of drug-likeness (QED) is 0.351. The van der Waals surface area contributed by atoms with Crippen molar-refractivity contribution in [3.8, 4) is 0 Å². The van der Waals surface area contributed by atoms with Crippen LogP contribution in [0.2, 0.25) is 0 Å². The van der Waals surface area contributed by atoms with E-state index in [0.29, 0.717) is 16.7 Å². The second-order valence-electron chi connectivity index (χ2n) is 5.19. The van der Waals surface area contributed by atoms with Crippen molar-refractivity contribution in [1.29, 1.82) is 0 Å². The molecule has 1 aromatic heterocycles. The maximum absolute atomic E-state index is 12.8. The predicted octanol–water partition coefficient (Wildman–Crippen LogP) is 3.51. The fourth-order valence-electron chi connectivity index (χ4n) is 2.07. The van der Waals surface area contributed by atoms with Crippen molar-refractivity contribution in [2.75, 3.05) is 5.32 Å². The molecule has 0 aliphatic heterocycles. The number of nitro benzene ring substituents is 1. The molecule has 0 radical (unpaired) electrons. The highest BCUT2D eigenvalue weighted by atomic mass is 19.4. The first kappa shape index (κ1) is 20.9. The molecule has 1 heterocycles. The first-order valence-corrected chi connectivity index (χ1v) is 7.14. The molecule has 1 N–H and O–H groups in total. The van der Waals surface area contributed by atoms with Crippen molar-refractivity contribution in [2.24, 2.45) is 0 Å². The van der Waals surface area contributed by atoms with Crippen molar-refractivity contribution in [3.05, 3.63) is 62.6 Å². The topological polar surface area (TPSA) is 103 Å². The van der Waals surface area contributed by atoms with E-state index in [0.717, 1.165) is 6.08 Å². The number of hydrogen-bond acceptors (Lipinski definition) is 6. The lowest BCUT2D eigenvalue weighted by molar-refractivity contribution is -0.384. The van der Waals surface area contributed by atoms with Gasteiger partial charge in [0.25, 0.3) is 11.2 Å². The minimum absolute atomic E-state index is 0.232. The van der Waals surface area contributed by atoms with E-state index in [1.807, 2.05) is 0 Å². The number of alkyl halides is 6. The van der Waals surface area contributed by atoms with E-state index < -0.39 is 58.0 Å². The van der Waals surface area contributed by atoms with Gasteiger partial charge in [0.2, 0.25) is 11.6 Å². The minimum atomic E-state index is -5.11. The van der Waals surface area contributed by atoms with Gasteiger partial charge in [-0.1, -0.05) is 6.08 Å². The Morgan fingerprint density at radius 1 is 1.18 bits per heavy atom. The Labute approximate surface area is 151 Å². The van der Waals surface area contributed by atoms with Crippen molar-refractivity contribution in [1.82, 2.24) is 14.8 Å². The number of nitrogens with one attached hydrogen (secondary N) is 1. The Bertz CT molecular complexity index is 983. The average Bonchev–Trinajstić information content (AvgIpc) is 2.56. The molecule has 28 heavy (non-hydrogen) atoms. The minimum Gasteiger partial charge on any atom is -0.318 e. The zero-order chi connectivity index (χ0) is 21.3. The van der Waals surface area contributed by atoms with Crippen LogP contribution in [0.5, 0.6) is 0 Å². The molecule has 1 aromatic carbocycles. The molecule has 150 valence electrons. The first-order valence-electron chi connectivity index (χ1n) is 7.14. The monoisotopic (exact) mass is 409 g/mol. The second-order valence-corrected chi connectivity index (χ2v) is 5.19. The average molecular weight is 409 g/mol. The van der Waals surface area contributed by atoms with Gasteiger partial charge in [-0.05, 0) is 12.1 Å². The SMILES string of the molecule is C=CCn1c(Nc2ccc(C(F)(F)F)cc2[N+](=O)[O-])nnc(C(F)(F)F)c1=O. The van der Waals surface area contributed by atoms with Crippen LogP contribution in [0.25, 0.3) is 0 Å². The Morgan fingerprint density at radius 2 is 1.82 bits per heavy atom. The Kier molecular flexibility index (Phi) is 5.42. The first-order chi connectivity index (χ1) is 12.9. The molecular formula is C14H9F6N5O3. The van der Waals surface area contributed by atoms with E-state index in [1.54, 1.807) is 0 Å². The van der Waals surface area contributed by atoms with E-state index in [1.165, 1.54) is 0 Å². The molecule has 14 heteroatoms. The zero-order valence-corrected chi connectivity index (χ0v) is 13.5. The number of nitrogens with zero attached hydrogens (tertiary/aromatic N) is 4. The van der Waals surface area contributed by atoms with Crippen molar-refractivity contribution < 1.29 is 31.3 Å². The number of allylic oxidation sites excluding steroid dienone is 1. The molecule has 0 saturated heterocycles. The molecular weight excluding hydrogens is 400 g/mol. The van der Waals surface area contributed by atoms with Crippen LogP contribution < -0.4 is 10.9 Å². The summed E-state index contributed by atoms with van der Waals surface area (Å²) in [5.74, 6) is -0.652. The van der Waals surface area contributed by atoms with Gasteiger partial charge in [0, 0.05) is 12.6 Å². The van der Waals surface area contributed by atoms with Gasteiger partial charge in [0.1, 0.15) is 5.69 Å². The van der Waals surface area contributed by atoms with E-state index >= 15 is 0 Å². The van der Waals surface area contributed by atoms with Gasteiger partial charge < -0.3 is 5.32 Å². The third-order valence-corrected chi connectivity index (χ3v) is 3.30. The van der Waals surface area contributed by atoms with Gasteiger partial charge in [-0.2, -0.15) is 26.3 Å². The van der Waals surface area contributed by atoms with E-state index in [-0.39, 0.29) is 6.07 Å². The molecule has 2 aromatic rings. The summed E-state index contributed by atoms with van der Waals surface area (Å²) in [5.41, 5.74) is -6.33. The normalized spacial score (nSPS) is 11.9. The predicted molar refractivity (Wildman–Crippen MR) is 82.9 cm³/mol. The maximum Gasteiger partial charge on any atom is 0.440 e. The molecule has 0 atom stereocenters. The second kappa shape index (κ2) is 7.28. The molecule has 8 nitrogen and oxygen atoms in total. The Balaban J connectivity index is 2.59. The fraction of sp³-hybridized carbons (Fsp3) is 0.214. The highest BCUT2D eigenvalue weighted by Gasteiger charge is 2.38. The van der Waals surface area contributed by atoms with Crippen LogP contribution in [0.15, 0.2) is 35.6 Å². The summed E-state index contributed by atoms with van der Waals surface area (Å²) < 4.78 is 77.0. The highest BCUT2D eigenvalue weighted by Crippen LogP contribution is 2.35. The van der Waals surface area contributed by atoms with E-state index in [2.05, 4.69) is 22.1 Å². The molecule has 0 spiro atoms. The summed E-state index contributed by atoms with van der Waals surface area (Å²) >= 11 is 0. The van der Waals surface area contributed by atoms with Crippen LogP contribution >= 0.6 is 0 Å². The van der Waals surface area contributed by atoms with Crippen LogP contribution in [0.4, 0.5) is 43.7 Å². The van der Waals surface area contributed by atoms with Crippen LogP contribution in [0, 0.1) is 10.1 Å². The van der Waals surface area contributed by atoms with E-state index in [9.17, 15) is 41.3 Å². The number of nitro groups is 1. The fourth-order valence-corrected chi connectivity index (χ4v) is 2.07. The van der Waals surface area contributed by atoms with Crippen molar-refractivity contribution >= 4 is 17.3 Å². The molecule has 0 unspecified atom stereocenters. The van der Waals surface area contributed by atoms with Gasteiger partial charge in [0.15, 0.2) is 0 Å². The molecule has 0 aliphatic rings. The van der Waals surface area contributed by atoms with Crippen molar-refractivity contribution in [2.45, 2.75) is 18.9 Å². The molecule has 0 amide bonds. The molecule has 0 aliphatic carbocycles. The van der Waals surface area contributed by atoms with Crippen molar-refractivity contribution in [3.63, 3.8) is 0 Å². The van der Waals surface area contributed by atoms with Gasteiger partial charge >= 0.3 is 12.4 Å². The van der Waals surface area contributed by atoms with Crippen LogP contribution in [0.3, 0.4) is 0 Å². The number of benzene rings is 1. The molecule has 0 fully saturated rings. The summed E-state index contributed by atoms with van der Waals surface area (Å²) in [6.07, 6.45) is -8.91. The number of hydrogen-bond donors (Lipinski definition) is 1. The number of halogens is 6. The van der Waals surface area contributed by atoms with Crippen LogP contribution in [0.1, 0.15) is 11.3 Å². The summed E-state index contributed by atoms with van der Waals surface area (Å²) in [6.45, 7) is 2.79. The standard InChI is InChI=1S/C14H9F6N5O3/c1-2-5-24-11(26)10(14(18,19)20)22-23-12(24)21-8-4-3-7(13(15,16)17)6-9(8)25(27)28/h2-4,6H,1,5H2,(H,21,23). The number of aromatic nitrogens is 3. The molecule has 0 bridgehead atoms. The molecule has 2 rings (SSSR count). The molecule has 0 saturated carbocycles. The zero-order valence-electron chi connectivity index (χ0n) is 13.5. The summed E-state index contributed by atoms with van der Waals surface area (Å²) in [7, 11) is 0. The summed E-state index contributed by atoms with van der Waals surface area (Å²) in [6, 6.07) is 1.43. The highest BCUT2D eigenvalue weighted by molar-refractivity contribution is 5.67. The maximum atomic E-state index is 12.8. The largest absolute Gasteiger partial charge is 0.440 e. The van der Waals surface area contributed by atoms with E-state index in [4.69, 9.17) is 0 Å². The third-order valence-electron chi connectivity index (χ3n) is 3.30. The van der Waals surface area contributed by atoms with Gasteiger partial charge in [-0.15, -0.1) is 16.8 Å². The third kappa shape index (κ3) is 4.27. The number of anilines is 2. The van der Waals surface area contributed by atoms with Gasteiger partial charge in [-0.25, -0.2) is 0 Å². The lowest BCUT2D eigenvalue weighted by atomic mass is 10.1. The van der Waals surface area contributed by atoms with Crippen LogP contribution in [-0.2, 0) is 18.9 Å². The van der Waals surface area contributed by atoms with Crippen LogP contribution in [-0.4, -0.2) is 19.7 Å². The Hall–Kier alpha value is -3.45. The lowest BCUT2D eigenvalue weighted by Crippen LogP contribution is -2.32. The lowest BCUT2D eigenvalue weighted by Gasteiger charge is -2.14. The summed E-state index contributed by atoms with van der Waals surface area (Å²) in [4.78, 5) is 21.9. The van der Waals surface area contributed by atoms with Gasteiger partial charge in [0.05, 0.1) is 10.5 Å². The Morgan fingerprint density at radius 3 is 2.32 bits per heavy atom. The number of rotatable bonds is 5. The van der Waals surface area contributed by atoms with Gasteiger partial charge in [-0.3, -0.25) is 19.5 Å². The smallest absolute Gasteiger partial charge is 0.318 e.